The van der Waals surface area contributed by atoms with Gasteiger partial charge in [-0.3, -0.25) is 14.3 Å². The van der Waals surface area contributed by atoms with E-state index < -0.39 is 31.6 Å². The van der Waals surface area contributed by atoms with Gasteiger partial charge in [0.2, 0.25) is 14.3 Å². The number of aromatic nitrogens is 3. The first kappa shape index (κ1) is 35.2. The van der Waals surface area contributed by atoms with Crippen LogP contribution in [0.3, 0.4) is 0 Å². The first-order valence-electron chi connectivity index (χ1n) is 18.3. The van der Waals surface area contributed by atoms with Crippen molar-refractivity contribution >= 4 is 31.6 Å². The van der Waals surface area contributed by atoms with Gasteiger partial charge >= 0.3 is 0 Å². The lowest BCUT2D eigenvalue weighted by molar-refractivity contribution is -0.146. The maximum Gasteiger partial charge on any atom is 0.264 e. The molecule has 0 bridgehead atoms. The highest BCUT2D eigenvalue weighted by atomic mass is 28.4. The molecule has 1 spiro atoms. The lowest BCUT2D eigenvalue weighted by Crippen LogP contribution is -2.45. The third-order valence-electron chi connectivity index (χ3n) is 11.2. The van der Waals surface area contributed by atoms with Crippen LogP contribution in [-0.2, 0) is 33.0 Å². The normalized spacial score (nSPS) is 24.5. The van der Waals surface area contributed by atoms with E-state index in [2.05, 4.69) is 10.3 Å². The Morgan fingerprint density at radius 2 is 1.71 bits per heavy atom. The van der Waals surface area contributed by atoms with Crippen LogP contribution in [0.2, 0.25) is 18.6 Å². The number of para-hydroxylation sites is 1. The second-order valence-corrected chi connectivity index (χ2v) is 18.7. The molecular formula is C40H48FN5O4Si. The zero-order chi connectivity index (χ0) is 35.8. The second kappa shape index (κ2) is 14.4. The summed E-state index contributed by atoms with van der Waals surface area (Å²) in [6.07, 6.45) is 6.51. The Kier molecular flexibility index (Phi) is 9.97. The van der Waals surface area contributed by atoms with Crippen LogP contribution in [0.15, 0.2) is 85.1 Å². The van der Waals surface area contributed by atoms with Crippen molar-refractivity contribution in [3.8, 4) is 0 Å². The fourth-order valence-corrected chi connectivity index (χ4v) is 11.3. The fraction of sp³-hybridized carbons (Fsp3) is 0.450. The van der Waals surface area contributed by atoms with E-state index >= 15 is 4.11 Å². The van der Waals surface area contributed by atoms with Crippen LogP contribution in [0.25, 0.3) is 0 Å². The van der Waals surface area contributed by atoms with Crippen molar-refractivity contribution in [2.45, 2.75) is 94.8 Å². The number of hydrogen-bond acceptors (Lipinski definition) is 6. The van der Waals surface area contributed by atoms with Gasteiger partial charge < -0.3 is 23.8 Å². The van der Waals surface area contributed by atoms with Crippen LogP contribution in [0.4, 0.5) is 15.5 Å². The molecular weight excluding hydrogens is 662 g/mol. The van der Waals surface area contributed by atoms with Crippen LogP contribution < -0.4 is 9.80 Å². The highest BCUT2D eigenvalue weighted by Crippen LogP contribution is 2.60. The smallest absolute Gasteiger partial charge is 0.264 e. The highest BCUT2D eigenvalue weighted by molar-refractivity contribution is 6.72. The summed E-state index contributed by atoms with van der Waals surface area (Å²) in [5.74, 6) is -0.695. The van der Waals surface area contributed by atoms with E-state index in [1.165, 1.54) is 0 Å². The summed E-state index contributed by atoms with van der Waals surface area (Å²) in [6.45, 7) is 6.79. The third-order valence-corrected chi connectivity index (χ3v) is 13.7. The van der Waals surface area contributed by atoms with Gasteiger partial charge in [0.05, 0.1) is 36.6 Å². The standard InChI is InChI=1S/C40H48FN5O4Si/c1-28-38(51(2,3)41)36(22-24-44-26-34(42-43-44)32(27-47)30-13-7-6-8-14-30)50-40(28)33-15-10-11-16-35(33)46(39(40)49)25-29-18-20-31(21-19-29)45-23-12-5-4-9-17-37(45)48/h6-8,10-11,13-16,18-21,26,28,32,36,38,47H,4-5,9,12,17,22-25,27H2,1-3H3/t28-,32?,36+,38-,40+/m1/s1. The molecule has 1 unspecified atom stereocenters. The SMILES string of the molecule is C[C@@H]1[C@@H]([Si](C)(C)F)[C@H](CCn2cc(C(CO)c3ccccc3)nn2)O[C@@]12C(=O)N(Cc1ccc(N3CCCCCCC3=O)cc1)c1ccccc12. The van der Waals surface area contributed by atoms with E-state index in [1.807, 2.05) is 96.9 Å². The van der Waals surface area contributed by atoms with Crippen molar-refractivity contribution < 1.29 is 23.5 Å². The molecule has 1 aromatic heterocycles. The molecule has 3 aliphatic rings. The maximum atomic E-state index is 16.4. The molecule has 7 rings (SSSR count). The Labute approximate surface area is 300 Å². The van der Waals surface area contributed by atoms with Gasteiger partial charge in [0.15, 0.2) is 5.60 Å². The number of anilines is 2. The van der Waals surface area contributed by atoms with E-state index in [0.29, 0.717) is 31.6 Å². The van der Waals surface area contributed by atoms with Crippen molar-refractivity contribution in [3.63, 3.8) is 0 Å². The molecule has 0 radical (unpaired) electrons. The van der Waals surface area contributed by atoms with Crippen LogP contribution >= 0.6 is 0 Å². The minimum Gasteiger partial charge on any atom is -0.395 e. The summed E-state index contributed by atoms with van der Waals surface area (Å²) in [4.78, 5) is 31.3. The number of nitrogens with zero attached hydrogens (tertiary/aromatic N) is 5. The van der Waals surface area contributed by atoms with Crippen LogP contribution in [-0.4, -0.2) is 59.6 Å². The average Bonchev–Trinajstić information content (AvgIpc) is 3.77. The first-order chi connectivity index (χ1) is 24.6. The summed E-state index contributed by atoms with van der Waals surface area (Å²) in [5, 5.41) is 18.9. The molecule has 11 heteroatoms. The monoisotopic (exact) mass is 709 g/mol. The fourth-order valence-electron chi connectivity index (χ4n) is 8.72. The Morgan fingerprint density at radius 1 is 0.980 bits per heavy atom. The molecule has 2 saturated heterocycles. The molecule has 1 N–H and O–H groups in total. The third kappa shape index (κ3) is 6.67. The predicted octanol–water partition coefficient (Wildman–Crippen LogP) is 7.11. The number of aryl methyl sites for hydroxylation is 1. The summed E-state index contributed by atoms with van der Waals surface area (Å²) < 4.78 is 25.0. The number of ether oxygens (including phenoxy) is 1. The number of fused-ring (bicyclic) bond motifs is 2. The van der Waals surface area contributed by atoms with E-state index in [9.17, 15) is 14.7 Å². The van der Waals surface area contributed by atoms with Gasteiger partial charge in [0, 0.05) is 48.4 Å². The van der Waals surface area contributed by atoms with Crippen molar-refractivity contribution in [3.05, 3.63) is 107 Å². The lowest BCUT2D eigenvalue weighted by atomic mass is 9.82. The van der Waals surface area contributed by atoms with Gasteiger partial charge in [-0.15, -0.1) is 5.10 Å². The predicted molar refractivity (Wildman–Crippen MR) is 198 cm³/mol. The van der Waals surface area contributed by atoms with Gasteiger partial charge in [0.1, 0.15) is 0 Å². The zero-order valence-corrected chi connectivity index (χ0v) is 30.7. The largest absolute Gasteiger partial charge is 0.395 e. The number of rotatable bonds is 10. The molecule has 5 atom stereocenters. The molecule has 0 saturated carbocycles. The quantitative estimate of drug-likeness (QED) is 0.139. The number of amides is 2. The van der Waals surface area contributed by atoms with Gasteiger partial charge in [-0.2, -0.15) is 0 Å². The Balaban J connectivity index is 1.12. The molecule has 4 heterocycles. The molecule has 3 aliphatic heterocycles. The number of halogens is 1. The van der Waals surface area contributed by atoms with E-state index in [1.54, 1.807) is 22.7 Å². The van der Waals surface area contributed by atoms with Crippen molar-refractivity contribution in [2.24, 2.45) is 5.92 Å². The van der Waals surface area contributed by atoms with Gasteiger partial charge in [0.25, 0.3) is 5.91 Å². The molecule has 3 aromatic carbocycles. The van der Waals surface area contributed by atoms with Gasteiger partial charge in [-0.05, 0) is 61.7 Å². The zero-order valence-electron chi connectivity index (χ0n) is 29.7. The number of benzene rings is 3. The molecule has 4 aromatic rings. The van der Waals surface area contributed by atoms with E-state index in [4.69, 9.17) is 4.74 Å². The van der Waals surface area contributed by atoms with Gasteiger partial charge in [-0.1, -0.05) is 85.6 Å². The van der Waals surface area contributed by atoms with E-state index in [0.717, 1.165) is 60.3 Å². The Hall–Kier alpha value is -4.19. The summed E-state index contributed by atoms with van der Waals surface area (Å²) >= 11 is 0. The summed E-state index contributed by atoms with van der Waals surface area (Å²) in [6, 6.07) is 25.4. The Morgan fingerprint density at radius 3 is 2.45 bits per heavy atom. The molecule has 0 aliphatic carbocycles. The summed E-state index contributed by atoms with van der Waals surface area (Å²) in [5.41, 5.74) is 3.28. The summed E-state index contributed by atoms with van der Waals surface area (Å²) in [7, 11) is -3.33. The molecule has 51 heavy (non-hydrogen) atoms. The van der Waals surface area contributed by atoms with Gasteiger partial charge in [-0.25, -0.2) is 0 Å². The number of aliphatic hydroxyl groups is 1. The van der Waals surface area contributed by atoms with E-state index in [-0.39, 0.29) is 24.3 Å². The van der Waals surface area contributed by atoms with Crippen LogP contribution in [0, 0.1) is 5.92 Å². The van der Waals surface area contributed by atoms with Crippen molar-refractivity contribution in [1.29, 1.82) is 0 Å². The molecule has 2 fully saturated rings. The highest BCUT2D eigenvalue weighted by Gasteiger charge is 2.66. The topological polar surface area (TPSA) is 101 Å². The first-order valence-corrected chi connectivity index (χ1v) is 21.3. The minimum absolute atomic E-state index is 0.0987. The number of aliphatic hydroxyl groups excluding tert-OH is 1. The molecule has 9 nitrogen and oxygen atoms in total. The van der Waals surface area contributed by atoms with Crippen LogP contribution in [0.1, 0.15) is 73.8 Å². The second-order valence-electron chi connectivity index (χ2n) is 14.9. The molecule has 2 amide bonds. The number of hydrogen-bond donors (Lipinski definition) is 1. The average molecular weight is 710 g/mol. The van der Waals surface area contributed by atoms with Crippen molar-refractivity contribution in [1.82, 2.24) is 15.0 Å². The molecule has 268 valence electrons. The lowest BCUT2D eigenvalue weighted by Gasteiger charge is -2.31. The maximum absolute atomic E-state index is 16.4. The minimum atomic E-state index is -3.33. The Bertz CT molecular complexity index is 1850. The van der Waals surface area contributed by atoms with Crippen molar-refractivity contribution in [2.75, 3.05) is 23.0 Å². The van der Waals surface area contributed by atoms with Crippen LogP contribution in [0.5, 0.6) is 0 Å². The number of carbonyl (C=O) groups excluding carboxylic acids is 2. The number of carbonyl (C=O) groups is 2.